The first-order chi connectivity index (χ1) is 8.01. The second-order valence-electron chi connectivity index (χ2n) is 3.99. The third-order valence-corrected chi connectivity index (χ3v) is 5.33. The first kappa shape index (κ1) is 27.4. The van der Waals surface area contributed by atoms with Gasteiger partial charge in [-0.2, -0.15) is 42.1 Å². The van der Waals surface area contributed by atoms with E-state index in [2.05, 4.69) is 25.3 Å². The van der Waals surface area contributed by atoms with Gasteiger partial charge in [-0.25, -0.2) is 0 Å². The van der Waals surface area contributed by atoms with Crippen LogP contribution in [0.4, 0.5) is 0 Å². The molecule has 0 aliphatic carbocycles. The molecule has 0 saturated carbocycles. The molecule has 20 heavy (non-hydrogen) atoms. The Morgan fingerprint density at radius 2 is 1.05 bits per heavy atom. The van der Waals surface area contributed by atoms with E-state index in [4.69, 9.17) is 9.11 Å². The molecular formula is C8H20Na2O6S4. The number of hydrogen-bond donors (Lipinski definition) is 4. The molecule has 0 aromatic heterocycles. The third kappa shape index (κ3) is 18.6. The van der Waals surface area contributed by atoms with Crippen molar-refractivity contribution in [3.05, 3.63) is 0 Å². The van der Waals surface area contributed by atoms with Crippen molar-refractivity contribution in [2.75, 3.05) is 11.5 Å². The van der Waals surface area contributed by atoms with Gasteiger partial charge in [0, 0.05) is 10.5 Å². The van der Waals surface area contributed by atoms with Crippen LogP contribution in [0.25, 0.3) is 0 Å². The molecule has 0 saturated heterocycles. The second kappa shape index (κ2) is 12.9. The SMILES string of the molecule is O=S(=O)(O)CCCC(S)C(S)CCCS(=O)(=O)O.[H-].[H-].[Na+].[Na+]. The van der Waals surface area contributed by atoms with Crippen molar-refractivity contribution < 1.29 is 87.9 Å². The minimum absolute atomic E-state index is 0. The number of thiol groups is 2. The summed E-state index contributed by atoms with van der Waals surface area (Å²) in [5.74, 6) is -0.648. The summed E-state index contributed by atoms with van der Waals surface area (Å²) in [6, 6.07) is 0. The average molecular weight is 386 g/mol. The average Bonchev–Trinajstić information content (AvgIpc) is 2.13. The van der Waals surface area contributed by atoms with Crippen molar-refractivity contribution >= 4 is 45.5 Å². The van der Waals surface area contributed by atoms with Gasteiger partial charge < -0.3 is 2.85 Å². The van der Waals surface area contributed by atoms with Gasteiger partial charge >= 0.3 is 59.1 Å². The number of hydrogen-bond acceptors (Lipinski definition) is 6. The maximum absolute atomic E-state index is 10.5. The molecule has 0 amide bonds. The molecule has 0 spiro atoms. The van der Waals surface area contributed by atoms with Gasteiger partial charge in [0.2, 0.25) is 0 Å². The van der Waals surface area contributed by atoms with Crippen LogP contribution >= 0.6 is 25.3 Å². The van der Waals surface area contributed by atoms with Gasteiger partial charge in [-0.3, -0.25) is 9.11 Å². The van der Waals surface area contributed by atoms with E-state index in [1.54, 1.807) is 0 Å². The van der Waals surface area contributed by atoms with E-state index in [0.717, 1.165) is 0 Å². The van der Waals surface area contributed by atoms with E-state index >= 15 is 0 Å². The van der Waals surface area contributed by atoms with Gasteiger partial charge in [0.05, 0.1) is 11.5 Å². The fraction of sp³-hybridized carbons (Fsp3) is 1.00. The van der Waals surface area contributed by atoms with E-state index in [0.29, 0.717) is 12.8 Å². The molecular weight excluding hydrogens is 366 g/mol. The predicted molar refractivity (Wildman–Crippen MR) is 79.1 cm³/mol. The Kier molecular flexibility index (Phi) is 17.6. The van der Waals surface area contributed by atoms with Crippen molar-refractivity contribution in [1.29, 1.82) is 0 Å². The minimum Gasteiger partial charge on any atom is -1.00 e. The Morgan fingerprint density at radius 1 is 0.800 bits per heavy atom. The van der Waals surface area contributed by atoms with Crippen LogP contribution in [0.5, 0.6) is 0 Å². The Hall–Kier alpha value is 2.52. The van der Waals surface area contributed by atoms with E-state index in [1.165, 1.54) is 0 Å². The van der Waals surface area contributed by atoms with Crippen LogP contribution in [-0.2, 0) is 20.2 Å². The molecule has 0 heterocycles. The molecule has 2 N–H and O–H groups in total. The van der Waals surface area contributed by atoms with Crippen LogP contribution in [0, 0.1) is 0 Å². The minimum atomic E-state index is -3.95. The molecule has 0 aliphatic rings. The summed E-state index contributed by atoms with van der Waals surface area (Å²) >= 11 is 8.47. The third-order valence-electron chi connectivity index (χ3n) is 2.25. The summed E-state index contributed by atoms with van der Waals surface area (Å²) in [5, 5.41) is -0.395. The molecule has 2 unspecified atom stereocenters. The zero-order chi connectivity index (χ0) is 14.4. The fourth-order valence-corrected chi connectivity index (χ4v) is 3.06. The molecule has 0 aliphatic heterocycles. The van der Waals surface area contributed by atoms with E-state index < -0.39 is 20.2 Å². The summed E-state index contributed by atoms with van der Waals surface area (Å²) < 4.78 is 59.0. The maximum Gasteiger partial charge on any atom is 1.00 e. The van der Waals surface area contributed by atoms with Crippen molar-refractivity contribution in [2.24, 2.45) is 0 Å². The molecule has 0 fully saturated rings. The summed E-state index contributed by atoms with van der Waals surface area (Å²) in [6.45, 7) is 0. The van der Waals surface area contributed by atoms with Crippen LogP contribution in [0.3, 0.4) is 0 Å². The predicted octanol–water partition coefficient (Wildman–Crippen LogP) is -4.85. The van der Waals surface area contributed by atoms with Gasteiger partial charge in [-0.15, -0.1) is 0 Å². The van der Waals surface area contributed by atoms with Gasteiger partial charge in [0.25, 0.3) is 20.2 Å². The van der Waals surface area contributed by atoms with Gasteiger partial charge in [0.1, 0.15) is 0 Å². The van der Waals surface area contributed by atoms with Crippen LogP contribution in [-0.4, -0.2) is 47.9 Å². The largest absolute Gasteiger partial charge is 1.00 e. The molecule has 0 rings (SSSR count). The Labute approximate surface area is 179 Å². The Morgan fingerprint density at radius 3 is 1.25 bits per heavy atom. The first-order valence-corrected chi connectivity index (χ1v) is 9.53. The summed E-state index contributed by atoms with van der Waals surface area (Å²) in [7, 11) is -7.91. The van der Waals surface area contributed by atoms with Crippen LogP contribution in [0.2, 0.25) is 0 Å². The Bertz CT molecular complexity index is 406. The van der Waals surface area contributed by atoms with Gasteiger partial charge in [-0.05, 0) is 25.7 Å². The van der Waals surface area contributed by atoms with Crippen LogP contribution < -0.4 is 59.1 Å². The molecule has 0 aromatic rings. The van der Waals surface area contributed by atoms with Crippen molar-refractivity contribution in [3.8, 4) is 0 Å². The van der Waals surface area contributed by atoms with Gasteiger partial charge in [-0.1, -0.05) is 0 Å². The molecule has 0 radical (unpaired) electrons. The summed E-state index contributed by atoms with van der Waals surface area (Å²) in [6.07, 6.45) is 1.43. The Balaban J connectivity index is -0.000000241. The molecule has 0 aromatic carbocycles. The molecule has 2 atom stereocenters. The smallest absolute Gasteiger partial charge is 1.00 e. The zero-order valence-corrected chi connectivity index (χ0v) is 19.1. The maximum atomic E-state index is 10.5. The summed E-state index contributed by atoms with van der Waals surface area (Å²) in [4.78, 5) is 0. The van der Waals surface area contributed by atoms with Crippen LogP contribution in [0.1, 0.15) is 28.5 Å². The van der Waals surface area contributed by atoms with E-state index in [9.17, 15) is 16.8 Å². The monoisotopic (exact) mass is 386 g/mol. The normalized spacial score (nSPS) is 14.8. The van der Waals surface area contributed by atoms with Gasteiger partial charge in [0.15, 0.2) is 0 Å². The van der Waals surface area contributed by atoms with Crippen molar-refractivity contribution in [1.82, 2.24) is 0 Å². The molecule has 12 heteroatoms. The number of rotatable bonds is 9. The second-order valence-corrected chi connectivity index (χ2v) is 8.46. The fourth-order valence-electron chi connectivity index (χ4n) is 1.33. The summed E-state index contributed by atoms with van der Waals surface area (Å²) in [5.41, 5.74) is 0. The molecule has 0 bridgehead atoms. The van der Waals surface area contributed by atoms with Crippen molar-refractivity contribution in [2.45, 2.75) is 36.2 Å². The zero-order valence-electron chi connectivity index (χ0n) is 13.6. The topological polar surface area (TPSA) is 109 Å². The first-order valence-electron chi connectivity index (χ1n) is 5.28. The van der Waals surface area contributed by atoms with Crippen molar-refractivity contribution in [3.63, 3.8) is 0 Å². The van der Waals surface area contributed by atoms with E-state index in [-0.39, 0.29) is 96.8 Å². The van der Waals surface area contributed by atoms with Crippen LogP contribution in [0.15, 0.2) is 0 Å². The molecule has 6 nitrogen and oxygen atoms in total. The quantitative estimate of drug-likeness (QED) is 0.180. The standard InChI is InChI=1S/C8H18O6S4.2Na.2H/c9-17(10,11)5-1-3-7(15)8(16)4-2-6-18(12,13)14;;;;/h7-8,15-16H,1-6H2,(H,9,10,11)(H,12,13,14);;;;/q;2*+1;2*-1. The van der Waals surface area contributed by atoms with E-state index in [1.807, 2.05) is 0 Å². The molecule has 114 valence electrons.